The molecule has 3 rings (SSSR count). The Morgan fingerprint density at radius 3 is 2.70 bits per heavy atom. The Kier molecular flexibility index (Phi) is 6.67. The standard InChI is InChI=1S/C19H16ClF3N2O4S/c20-11-5-6-13(12(9-11)19(21,22)23)24-16(26)10-29-18(28)14-3-1-7-25(14)17(27)15-4-2-8-30-15/h2,4-6,8-9,14H,1,3,7,10H2,(H,24,26)/t14-/m0/s1. The minimum Gasteiger partial charge on any atom is -0.454 e. The third-order valence-electron chi connectivity index (χ3n) is 4.42. The molecule has 2 heterocycles. The molecule has 0 spiro atoms. The quantitative estimate of drug-likeness (QED) is 0.678. The van der Waals surface area contributed by atoms with E-state index >= 15 is 0 Å². The Balaban J connectivity index is 1.60. The van der Waals surface area contributed by atoms with E-state index in [1.807, 2.05) is 0 Å². The van der Waals surface area contributed by atoms with Crippen molar-refractivity contribution < 1.29 is 32.3 Å². The summed E-state index contributed by atoms with van der Waals surface area (Å²) in [6, 6.07) is 5.43. The zero-order valence-corrected chi connectivity index (χ0v) is 16.9. The number of carbonyl (C=O) groups is 3. The summed E-state index contributed by atoms with van der Waals surface area (Å²) in [6.45, 7) is -0.404. The van der Waals surface area contributed by atoms with Gasteiger partial charge in [-0.1, -0.05) is 17.7 Å². The molecule has 2 aromatic rings. The lowest BCUT2D eigenvalue weighted by Crippen LogP contribution is -2.41. The first-order valence-electron chi connectivity index (χ1n) is 8.84. The van der Waals surface area contributed by atoms with E-state index in [0.29, 0.717) is 30.3 Å². The molecular formula is C19H16ClF3N2O4S. The van der Waals surface area contributed by atoms with Gasteiger partial charge in [0.05, 0.1) is 16.1 Å². The van der Waals surface area contributed by atoms with Crippen molar-refractivity contribution in [1.29, 1.82) is 0 Å². The average Bonchev–Trinajstić information content (AvgIpc) is 3.38. The first-order chi connectivity index (χ1) is 14.2. The topological polar surface area (TPSA) is 75.7 Å². The maximum Gasteiger partial charge on any atom is 0.418 e. The SMILES string of the molecule is O=C(COC(=O)[C@@H]1CCCN1C(=O)c1cccs1)Nc1ccc(Cl)cc1C(F)(F)F. The predicted octanol–water partition coefficient (Wildman–Crippen LogP) is 4.21. The highest BCUT2D eigenvalue weighted by Gasteiger charge is 2.37. The van der Waals surface area contributed by atoms with Gasteiger partial charge in [0, 0.05) is 11.6 Å². The lowest BCUT2D eigenvalue weighted by Gasteiger charge is -2.22. The minimum atomic E-state index is -4.73. The van der Waals surface area contributed by atoms with E-state index in [1.165, 1.54) is 22.3 Å². The molecule has 1 N–H and O–H groups in total. The van der Waals surface area contributed by atoms with Crippen molar-refractivity contribution in [3.8, 4) is 0 Å². The molecule has 30 heavy (non-hydrogen) atoms. The van der Waals surface area contributed by atoms with Gasteiger partial charge in [-0.25, -0.2) is 4.79 Å². The van der Waals surface area contributed by atoms with E-state index in [2.05, 4.69) is 5.32 Å². The number of esters is 1. The van der Waals surface area contributed by atoms with E-state index in [-0.39, 0.29) is 10.9 Å². The first-order valence-corrected chi connectivity index (χ1v) is 10.1. The summed E-state index contributed by atoms with van der Waals surface area (Å²) in [7, 11) is 0. The molecule has 1 fully saturated rings. The van der Waals surface area contributed by atoms with Gasteiger partial charge in [0.2, 0.25) is 0 Å². The summed E-state index contributed by atoms with van der Waals surface area (Å²) in [5, 5.41) is 3.68. The van der Waals surface area contributed by atoms with Gasteiger partial charge in [0.25, 0.3) is 11.8 Å². The van der Waals surface area contributed by atoms with Gasteiger partial charge >= 0.3 is 12.1 Å². The van der Waals surface area contributed by atoms with Crippen LogP contribution in [0.25, 0.3) is 0 Å². The zero-order chi connectivity index (χ0) is 21.9. The number of carbonyl (C=O) groups excluding carboxylic acids is 3. The van der Waals surface area contributed by atoms with Crippen LogP contribution in [0.1, 0.15) is 28.1 Å². The fraction of sp³-hybridized carbons (Fsp3) is 0.316. The largest absolute Gasteiger partial charge is 0.454 e. The smallest absolute Gasteiger partial charge is 0.418 e. The van der Waals surface area contributed by atoms with E-state index in [4.69, 9.17) is 16.3 Å². The van der Waals surface area contributed by atoms with Gasteiger partial charge in [0.15, 0.2) is 6.61 Å². The maximum atomic E-state index is 13.1. The number of rotatable bonds is 5. The molecule has 1 saturated heterocycles. The highest BCUT2D eigenvalue weighted by molar-refractivity contribution is 7.12. The number of thiophene rings is 1. The summed E-state index contributed by atoms with van der Waals surface area (Å²) < 4.78 is 44.3. The predicted molar refractivity (Wildman–Crippen MR) is 104 cm³/mol. The van der Waals surface area contributed by atoms with Crippen LogP contribution in [-0.4, -0.2) is 41.9 Å². The van der Waals surface area contributed by atoms with Gasteiger partial charge < -0.3 is 15.0 Å². The summed E-state index contributed by atoms with van der Waals surface area (Å²) in [5.41, 5.74) is -1.61. The van der Waals surface area contributed by atoms with Crippen molar-refractivity contribution in [1.82, 2.24) is 4.90 Å². The van der Waals surface area contributed by atoms with Crippen LogP contribution in [0.3, 0.4) is 0 Å². The Bertz CT molecular complexity index is 950. The van der Waals surface area contributed by atoms with Crippen LogP contribution in [-0.2, 0) is 20.5 Å². The second-order valence-electron chi connectivity index (χ2n) is 6.48. The van der Waals surface area contributed by atoms with E-state index in [9.17, 15) is 27.6 Å². The van der Waals surface area contributed by atoms with E-state index in [1.54, 1.807) is 17.5 Å². The Morgan fingerprint density at radius 2 is 2.03 bits per heavy atom. The van der Waals surface area contributed by atoms with Crippen LogP contribution in [0.4, 0.5) is 18.9 Å². The Morgan fingerprint density at radius 1 is 1.27 bits per heavy atom. The van der Waals surface area contributed by atoms with Gasteiger partial charge in [-0.05, 0) is 42.5 Å². The van der Waals surface area contributed by atoms with Crippen LogP contribution in [0.2, 0.25) is 5.02 Å². The first kappa shape index (κ1) is 22.1. The van der Waals surface area contributed by atoms with Gasteiger partial charge in [0.1, 0.15) is 6.04 Å². The molecule has 1 aromatic carbocycles. The molecule has 0 unspecified atom stereocenters. The van der Waals surface area contributed by atoms with Crippen molar-refractivity contribution >= 4 is 46.4 Å². The summed E-state index contributed by atoms with van der Waals surface area (Å²) in [5.74, 6) is -2.02. The normalized spacial score (nSPS) is 16.4. The second kappa shape index (κ2) is 9.05. The molecule has 6 nitrogen and oxygen atoms in total. The van der Waals surface area contributed by atoms with Crippen molar-refractivity contribution in [3.05, 3.63) is 51.2 Å². The summed E-state index contributed by atoms with van der Waals surface area (Å²) >= 11 is 6.84. The van der Waals surface area contributed by atoms with Gasteiger partial charge in [-0.3, -0.25) is 9.59 Å². The monoisotopic (exact) mass is 460 g/mol. The van der Waals surface area contributed by atoms with Crippen LogP contribution < -0.4 is 5.32 Å². The lowest BCUT2D eigenvalue weighted by molar-refractivity contribution is -0.151. The molecule has 11 heteroatoms. The molecule has 1 aliphatic rings. The van der Waals surface area contributed by atoms with Crippen LogP contribution in [0, 0.1) is 0 Å². The van der Waals surface area contributed by atoms with Crippen molar-refractivity contribution in [3.63, 3.8) is 0 Å². The number of benzene rings is 1. The molecule has 0 aliphatic carbocycles. The molecule has 1 aromatic heterocycles. The second-order valence-corrected chi connectivity index (χ2v) is 7.86. The van der Waals surface area contributed by atoms with Crippen LogP contribution in [0.15, 0.2) is 35.7 Å². The number of hydrogen-bond acceptors (Lipinski definition) is 5. The molecule has 0 saturated carbocycles. The Labute approximate surface area is 178 Å². The van der Waals surface area contributed by atoms with Gasteiger partial charge in [-0.15, -0.1) is 11.3 Å². The van der Waals surface area contributed by atoms with Crippen LogP contribution in [0.5, 0.6) is 0 Å². The number of nitrogens with zero attached hydrogens (tertiary/aromatic N) is 1. The van der Waals surface area contributed by atoms with Crippen molar-refractivity contribution in [2.45, 2.75) is 25.1 Å². The molecule has 2 amide bonds. The van der Waals surface area contributed by atoms with Crippen molar-refractivity contribution in [2.24, 2.45) is 0 Å². The number of ether oxygens (including phenoxy) is 1. The molecule has 1 atom stereocenters. The number of hydrogen-bond donors (Lipinski definition) is 1. The molecule has 1 aliphatic heterocycles. The van der Waals surface area contributed by atoms with E-state index < -0.39 is 42.0 Å². The number of likely N-dealkylation sites (tertiary alicyclic amines) is 1. The van der Waals surface area contributed by atoms with E-state index in [0.717, 1.165) is 6.07 Å². The van der Waals surface area contributed by atoms with Crippen molar-refractivity contribution in [2.75, 3.05) is 18.5 Å². The molecule has 160 valence electrons. The fourth-order valence-electron chi connectivity index (χ4n) is 3.08. The fourth-order valence-corrected chi connectivity index (χ4v) is 3.93. The average molecular weight is 461 g/mol. The maximum absolute atomic E-state index is 13.1. The summed E-state index contributed by atoms with van der Waals surface area (Å²) in [6.07, 6.45) is -3.74. The summed E-state index contributed by atoms with van der Waals surface area (Å²) in [4.78, 5) is 38.8. The van der Waals surface area contributed by atoms with Crippen LogP contribution >= 0.6 is 22.9 Å². The number of anilines is 1. The minimum absolute atomic E-state index is 0.136. The molecule has 0 radical (unpaired) electrons. The third kappa shape index (κ3) is 5.11. The molecule has 0 bridgehead atoms. The highest BCUT2D eigenvalue weighted by atomic mass is 35.5. The van der Waals surface area contributed by atoms with Gasteiger partial charge in [-0.2, -0.15) is 13.2 Å². The molecular weight excluding hydrogens is 445 g/mol. The highest BCUT2D eigenvalue weighted by Crippen LogP contribution is 2.36. The number of amides is 2. The number of nitrogens with one attached hydrogen (secondary N) is 1. The Hall–Kier alpha value is -2.59. The third-order valence-corrected chi connectivity index (χ3v) is 5.52. The number of halogens is 4. The lowest BCUT2D eigenvalue weighted by atomic mass is 10.1. The number of alkyl halides is 3. The zero-order valence-electron chi connectivity index (χ0n) is 15.4.